The highest BCUT2D eigenvalue weighted by Gasteiger charge is 2.36. The Bertz CT molecular complexity index is 1170. The van der Waals surface area contributed by atoms with Crippen LogP contribution in [-0.4, -0.2) is 42.7 Å². The molecule has 0 saturated heterocycles. The molecule has 0 bridgehead atoms. The van der Waals surface area contributed by atoms with Crippen LogP contribution >= 0.6 is 11.3 Å². The topological polar surface area (TPSA) is 71.0 Å². The van der Waals surface area contributed by atoms with Gasteiger partial charge in [0.05, 0.1) is 24.1 Å². The van der Waals surface area contributed by atoms with Crippen molar-refractivity contribution >= 4 is 40.3 Å². The van der Waals surface area contributed by atoms with Gasteiger partial charge >= 0.3 is 5.97 Å². The highest BCUT2D eigenvalue weighted by molar-refractivity contribution is 7.12. The van der Waals surface area contributed by atoms with Crippen molar-refractivity contribution in [3.63, 3.8) is 0 Å². The summed E-state index contributed by atoms with van der Waals surface area (Å²) in [6, 6.07) is 17.3. The van der Waals surface area contributed by atoms with E-state index in [0.29, 0.717) is 17.0 Å². The zero-order valence-electron chi connectivity index (χ0n) is 19.0. The number of methoxy groups -OCH3 is 1. The van der Waals surface area contributed by atoms with E-state index >= 15 is 0 Å². The van der Waals surface area contributed by atoms with Crippen LogP contribution in [0.3, 0.4) is 0 Å². The Morgan fingerprint density at radius 3 is 2.52 bits per heavy atom. The van der Waals surface area contributed by atoms with Gasteiger partial charge in [0.2, 0.25) is 5.91 Å². The highest BCUT2D eigenvalue weighted by Crippen LogP contribution is 2.37. The summed E-state index contributed by atoms with van der Waals surface area (Å²) in [5, 5.41) is 4.89. The van der Waals surface area contributed by atoms with E-state index in [0.717, 1.165) is 35.8 Å². The number of anilines is 1. The van der Waals surface area contributed by atoms with Crippen molar-refractivity contribution < 1.29 is 14.3 Å². The van der Waals surface area contributed by atoms with Gasteiger partial charge in [-0.05, 0) is 59.9 Å². The van der Waals surface area contributed by atoms with Crippen molar-refractivity contribution in [2.45, 2.75) is 26.3 Å². The third-order valence-corrected chi connectivity index (χ3v) is 6.73. The summed E-state index contributed by atoms with van der Waals surface area (Å²) in [6.45, 7) is 7.23. The third kappa shape index (κ3) is 4.89. The number of rotatable bonds is 8. The lowest BCUT2D eigenvalue weighted by atomic mass is 9.93. The van der Waals surface area contributed by atoms with Crippen molar-refractivity contribution in [3.05, 3.63) is 81.5 Å². The fraction of sp³-hybridized carbons (Fsp3) is 0.269. The second-order valence-electron chi connectivity index (χ2n) is 7.82. The fourth-order valence-corrected chi connectivity index (χ4v) is 4.73. The van der Waals surface area contributed by atoms with Gasteiger partial charge in [0.15, 0.2) is 0 Å². The van der Waals surface area contributed by atoms with Gasteiger partial charge in [0, 0.05) is 17.1 Å². The molecule has 4 rings (SSSR count). The minimum atomic E-state index is -0.555. The van der Waals surface area contributed by atoms with Gasteiger partial charge in [0.1, 0.15) is 5.92 Å². The first-order valence-electron chi connectivity index (χ1n) is 11.0. The Morgan fingerprint density at radius 1 is 1.12 bits per heavy atom. The van der Waals surface area contributed by atoms with Crippen LogP contribution in [0.15, 0.2) is 65.0 Å². The first kappa shape index (κ1) is 22.9. The number of nitrogens with zero attached hydrogens (tertiary/aromatic N) is 2. The molecule has 0 aliphatic carbocycles. The van der Waals surface area contributed by atoms with Crippen LogP contribution in [0.4, 0.5) is 11.4 Å². The van der Waals surface area contributed by atoms with Crippen LogP contribution in [0, 0.1) is 0 Å². The predicted octanol–water partition coefficient (Wildman–Crippen LogP) is 5.23. The molecule has 1 amide bonds. The van der Waals surface area contributed by atoms with Crippen LogP contribution < -0.4 is 5.32 Å². The summed E-state index contributed by atoms with van der Waals surface area (Å²) in [5.74, 6) is -1.15. The number of esters is 1. The van der Waals surface area contributed by atoms with Gasteiger partial charge in [-0.15, -0.1) is 11.3 Å². The Morgan fingerprint density at radius 2 is 1.88 bits per heavy atom. The molecule has 1 N–H and O–H groups in total. The van der Waals surface area contributed by atoms with Crippen LogP contribution in [0.2, 0.25) is 0 Å². The van der Waals surface area contributed by atoms with Crippen LogP contribution in [0.1, 0.15) is 46.1 Å². The summed E-state index contributed by atoms with van der Waals surface area (Å²) in [5.41, 5.74) is 4.55. The molecule has 1 aromatic heterocycles. The Balaban J connectivity index is 1.69. The molecular formula is C26H27N3O3S. The number of amides is 1. The number of fused-ring (bicyclic) bond motifs is 1. The van der Waals surface area contributed by atoms with Crippen molar-refractivity contribution in [1.82, 2.24) is 4.90 Å². The van der Waals surface area contributed by atoms with E-state index in [1.807, 2.05) is 29.6 Å². The van der Waals surface area contributed by atoms with Gasteiger partial charge in [-0.1, -0.05) is 38.1 Å². The van der Waals surface area contributed by atoms with E-state index in [1.165, 1.54) is 12.7 Å². The molecule has 0 spiro atoms. The van der Waals surface area contributed by atoms with E-state index in [2.05, 4.69) is 36.2 Å². The number of hydrogen-bond donors (Lipinski definition) is 1. The van der Waals surface area contributed by atoms with Crippen LogP contribution in [0.25, 0.3) is 0 Å². The molecule has 1 unspecified atom stereocenters. The maximum atomic E-state index is 13.0. The lowest BCUT2D eigenvalue weighted by molar-refractivity contribution is -0.115. The first-order chi connectivity index (χ1) is 16.0. The third-order valence-electron chi connectivity index (χ3n) is 5.84. The zero-order chi connectivity index (χ0) is 23.4. The molecule has 2 heterocycles. The lowest BCUT2D eigenvalue weighted by Crippen LogP contribution is -2.22. The van der Waals surface area contributed by atoms with Gasteiger partial charge in [-0.3, -0.25) is 14.7 Å². The van der Waals surface area contributed by atoms with Gasteiger partial charge in [0.25, 0.3) is 0 Å². The minimum Gasteiger partial charge on any atom is -0.465 e. The molecule has 0 fully saturated rings. The standard InChI is InChI=1S/C26H27N3O3S/c1-4-29(5-2)16-17-8-11-19(12-9-17)27-24(22-7-6-14-33-22)23-20-13-10-18(26(31)32-3)15-21(20)28-25(23)30/h6-15,23H,4-5,16H2,1-3H3,(H,28,30). The average molecular weight is 462 g/mol. The molecular weight excluding hydrogens is 434 g/mol. The van der Waals surface area contributed by atoms with Gasteiger partial charge in [-0.25, -0.2) is 4.79 Å². The Kier molecular flexibility index (Phi) is 7.01. The monoisotopic (exact) mass is 461 g/mol. The molecule has 170 valence electrons. The number of benzene rings is 2. The molecule has 1 aliphatic heterocycles. The second kappa shape index (κ2) is 10.1. The summed E-state index contributed by atoms with van der Waals surface area (Å²) in [4.78, 5) is 33.2. The quantitative estimate of drug-likeness (QED) is 0.368. The van der Waals surface area contributed by atoms with Crippen LogP contribution in [0.5, 0.6) is 0 Å². The fourth-order valence-electron chi connectivity index (χ4n) is 3.99. The van der Waals surface area contributed by atoms with Gasteiger partial charge < -0.3 is 10.1 Å². The van der Waals surface area contributed by atoms with Crippen LogP contribution in [-0.2, 0) is 16.1 Å². The van der Waals surface area contributed by atoms with Crippen molar-refractivity contribution in [2.75, 3.05) is 25.5 Å². The largest absolute Gasteiger partial charge is 0.465 e. The number of ether oxygens (including phenoxy) is 1. The van der Waals surface area contributed by atoms with E-state index < -0.39 is 11.9 Å². The molecule has 0 radical (unpaired) electrons. The number of carbonyl (C=O) groups excluding carboxylic acids is 2. The molecule has 6 nitrogen and oxygen atoms in total. The first-order valence-corrected chi connectivity index (χ1v) is 11.9. The lowest BCUT2D eigenvalue weighted by Gasteiger charge is -2.18. The molecule has 0 saturated carbocycles. The smallest absolute Gasteiger partial charge is 0.337 e. The van der Waals surface area contributed by atoms with E-state index in [9.17, 15) is 9.59 Å². The maximum absolute atomic E-state index is 13.0. The normalized spacial score (nSPS) is 15.5. The maximum Gasteiger partial charge on any atom is 0.337 e. The summed E-state index contributed by atoms with van der Waals surface area (Å²) in [7, 11) is 1.34. The summed E-state index contributed by atoms with van der Waals surface area (Å²) >= 11 is 1.55. The van der Waals surface area contributed by atoms with Gasteiger partial charge in [-0.2, -0.15) is 0 Å². The highest BCUT2D eigenvalue weighted by atomic mass is 32.1. The molecule has 33 heavy (non-hydrogen) atoms. The number of aliphatic imine (C=N–C) groups is 1. The molecule has 2 aromatic carbocycles. The molecule has 1 atom stereocenters. The van der Waals surface area contributed by atoms with E-state index in [-0.39, 0.29) is 5.91 Å². The van der Waals surface area contributed by atoms with Crippen molar-refractivity contribution in [1.29, 1.82) is 0 Å². The summed E-state index contributed by atoms with van der Waals surface area (Å²) in [6.07, 6.45) is 0. The predicted molar refractivity (Wildman–Crippen MR) is 133 cm³/mol. The molecule has 1 aliphatic rings. The number of nitrogens with one attached hydrogen (secondary N) is 1. The zero-order valence-corrected chi connectivity index (χ0v) is 19.8. The number of carbonyl (C=O) groups is 2. The number of hydrogen-bond acceptors (Lipinski definition) is 6. The second-order valence-corrected chi connectivity index (χ2v) is 8.77. The SMILES string of the molecule is CCN(CC)Cc1ccc(N=C(c2cccs2)C2C(=O)Nc3cc(C(=O)OC)ccc32)cc1. The Labute approximate surface area is 197 Å². The average Bonchev–Trinajstić information content (AvgIpc) is 3.48. The number of thiophene rings is 1. The summed E-state index contributed by atoms with van der Waals surface area (Å²) < 4.78 is 4.81. The van der Waals surface area contributed by atoms with E-state index in [1.54, 1.807) is 29.5 Å². The van der Waals surface area contributed by atoms with Crippen molar-refractivity contribution in [3.8, 4) is 0 Å². The van der Waals surface area contributed by atoms with Crippen molar-refractivity contribution in [2.24, 2.45) is 4.99 Å². The minimum absolute atomic E-state index is 0.155. The van der Waals surface area contributed by atoms with E-state index in [4.69, 9.17) is 9.73 Å². The Hall–Kier alpha value is -3.29. The molecule has 7 heteroatoms. The molecule has 3 aromatic rings.